The van der Waals surface area contributed by atoms with Crippen LogP contribution in [0.15, 0.2) is 17.6 Å². The number of Topliss-reactive ketones (excluding diaryl/α,β-unsaturated/α-hetero) is 1. The molecule has 0 N–H and O–H groups in total. The van der Waals surface area contributed by atoms with Gasteiger partial charge in [-0.05, 0) is 6.92 Å². The first-order valence-corrected chi connectivity index (χ1v) is 3.37. The van der Waals surface area contributed by atoms with Crippen molar-refractivity contribution in [2.24, 2.45) is 0 Å². The topological polar surface area (TPSA) is 52.6 Å². The number of hydrogen-bond acceptors (Lipinski definition) is 4. The fraction of sp³-hybridized carbons (Fsp3) is 0.375. The second kappa shape index (κ2) is 3.24. The smallest absolute Gasteiger partial charge is 0.281 e. The molecule has 1 aliphatic heterocycles. The molecule has 0 aromatic heterocycles. The normalized spacial score (nSPS) is 21.0. The van der Waals surface area contributed by atoms with E-state index in [-0.39, 0.29) is 17.3 Å². The van der Waals surface area contributed by atoms with E-state index in [0.717, 1.165) is 0 Å². The highest BCUT2D eigenvalue weighted by Gasteiger charge is 2.29. The summed E-state index contributed by atoms with van der Waals surface area (Å²) in [6, 6.07) is 0. The lowest BCUT2D eigenvalue weighted by atomic mass is 10.1. The van der Waals surface area contributed by atoms with Crippen molar-refractivity contribution in [1.82, 2.24) is 0 Å². The summed E-state index contributed by atoms with van der Waals surface area (Å²) in [6.07, 6.45) is 0.524. The second-order valence-electron chi connectivity index (χ2n) is 2.33. The molecule has 4 heteroatoms. The third-order valence-corrected chi connectivity index (χ3v) is 1.48. The molecule has 0 spiro atoms. The highest BCUT2D eigenvalue weighted by molar-refractivity contribution is 5.88. The summed E-state index contributed by atoms with van der Waals surface area (Å²) in [5, 5.41) is 0. The maximum atomic E-state index is 10.9. The minimum atomic E-state index is -0.836. The quantitative estimate of drug-likeness (QED) is 0.553. The van der Waals surface area contributed by atoms with Crippen molar-refractivity contribution in [3.8, 4) is 0 Å². The third kappa shape index (κ3) is 1.38. The second-order valence-corrected chi connectivity index (χ2v) is 2.33. The van der Waals surface area contributed by atoms with Gasteiger partial charge >= 0.3 is 0 Å². The number of hydrogen-bond donors (Lipinski definition) is 0. The summed E-state index contributed by atoms with van der Waals surface area (Å²) < 4.78 is 9.68. The largest absolute Gasteiger partial charge is 0.469 e. The van der Waals surface area contributed by atoms with Crippen LogP contribution in [0.25, 0.3) is 0 Å². The molecule has 0 saturated heterocycles. The fourth-order valence-corrected chi connectivity index (χ4v) is 0.908. The highest BCUT2D eigenvalue weighted by Crippen LogP contribution is 2.21. The van der Waals surface area contributed by atoms with Crippen molar-refractivity contribution < 1.29 is 19.1 Å². The summed E-state index contributed by atoms with van der Waals surface area (Å²) in [5.74, 6) is 1.56. The monoisotopic (exact) mass is 168 g/mol. The van der Waals surface area contributed by atoms with E-state index in [1.165, 1.54) is 20.1 Å². The van der Waals surface area contributed by atoms with Gasteiger partial charge in [0.15, 0.2) is 11.9 Å². The van der Waals surface area contributed by atoms with Crippen LogP contribution in [0.3, 0.4) is 0 Å². The molecule has 1 atom stereocenters. The average molecular weight is 168 g/mol. The minimum Gasteiger partial charge on any atom is -0.469 e. The first-order valence-electron chi connectivity index (χ1n) is 3.37. The summed E-state index contributed by atoms with van der Waals surface area (Å²) in [7, 11) is 1.40. The highest BCUT2D eigenvalue weighted by atomic mass is 16.7. The van der Waals surface area contributed by atoms with E-state index in [1.807, 2.05) is 0 Å². The zero-order chi connectivity index (χ0) is 9.14. The molecular weight excluding hydrogens is 160 g/mol. The zero-order valence-electron chi connectivity index (χ0n) is 6.79. The molecule has 0 bridgehead atoms. The van der Waals surface area contributed by atoms with Crippen LogP contribution in [0.5, 0.6) is 0 Å². The van der Waals surface area contributed by atoms with Gasteiger partial charge in [-0.25, -0.2) is 4.79 Å². The molecule has 0 aromatic carbocycles. The molecule has 0 amide bonds. The number of ketones is 1. The summed E-state index contributed by atoms with van der Waals surface area (Å²) in [6.45, 7) is 1.34. The Morgan fingerprint density at radius 1 is 1.75 bits per heavy atom. The first kappa shape index (κ1) is 8.56. The van der Waals surface area contributed by atoms with Crippen LogP contribution in [0.2, 0.25) is 0 Å². The van der Waals surface area contributed by atoms with Gasteiger partial charge in [-0.3, -0.25) is 4.79 Å². The number of methoxy groups -OCH3 is 1. The molecule has 0 fully saturated rings. The summed E-state index contributed by atoms with van der Waals surface area (Å²) in [5.41, 5.74) is 0.180. The lowest BCUT2D eigenvalue weighted by Gasteiger charge is -2.07. The predicted octanol–water partition coefficient (Wildman–Crippen LogP) is 0.220. The molecule has 4 nitrogen and oxygen atoms in total. The van der Waals surface area contributed by atoms with Crippen LogP contribution in [-0.4, -0.2) is 24.9 Å². The van der Waals surface area contributed by atoms with Gasteiger partial charge in [0.1, 0.15) is 5.94 Å². The van der Waals surface area contributed by atoms with Crippen molar-refractivity contribution >= 4 is 11.7 Å². The molecule has 1 rings (SSSR count). The lowest BCUT2D eigenvalue weighted by molar-refractivity contribution is -0.125. The molecule has 1 unspecified atom stereocenters. The molecule has 0 saturated carbocycles. The molecule has 1 aliphatic rings. The van der Waals surface area contributed by atoms with Gasteiger partial charge in [-0.2, -0.15) is 0 Å². The summed E-state index contributed by atoms with van der Waals surface area (Å²) >= 11 is 0. The Bertz CT molecular complexity index is 283. The van der Waals surface area contributed by atoms with Crippen LogP contribution >= 0.6 is 0 Å². The number of carbonyl (C=O) groups is 1. The minimum absolute atomic E-state index is 0.175. The predicted molar refractivity (Wildman–Crippen MR) is 39.9 cm³/mol. The fourth-order valence-electron chi connectivity index (χ4n) is 0.908. The zero-order valence-corrected chi connectivity index (χ0v) is 6.79. The SMILES string of the molecule is COC1=CC(=C=O)C(C(C)=O)O1. The maximum Gasteiger partial charge on any atom is 0.281 e. The van der Waals surface area contributed by atoms with Crippen molar-refractivity contribution in [1.29, 1.82) is 0 Å². The van der Waals surface area contributed by atoms with Crippen LogP contribution in [-0.2, 0) is 19.1 Å². The Balaban J connectivity index is 2.88. The van der Waals surface area contributed by atoms with Crippen LogP contribution in [0, 0.1) is 0 Å². The van der Waals surface area contributed by atoms with Crippen LogP contribution < -0.4 is 0 Å². The Morgan fingerprint density at radius 3 is 2.75 bits per heavy atom. The van der Waals surface area contributed by atoms with Crippen molar-refractivity contribution in [2.45, 2.75) is 13.0 Å². The standard InChI is InChI=1S/C8H8O4/c1-5(10)8-6(4-9)3-7(11-2)12-8/h3,8H,1-2H3. The van der Waals surface area contributed by atoms with Crippen molar-refractivity contribution in [3.05, 3.63) is 17.6 Å². The molecule has 12 heavy (non-hydrogen) atoms. The Hall–Kier alpha value is -1.54. The molecule has 0 radical (unpaired) electrons. The Labute approximate surface area is 69.5 Å². The molecule has 0 aromatic rings. The van der Waals surface area contributed by atoms with E-state index in [1.54, 1.807) is 5.94 Å². The van der Waals surface area contributed by atoms with Gasteiger partial charge in [-0.1, -0.05) is 0 Å². The average Bonchev–Trinajstić information content (AvgIpc) is 2.47. The van der Waals surface area contributed by atoms with Gasteiger partial charge in [0, 0.05) is 6.08 Å². The maximum absolute atomic E-state index is 10.9. The third-order valence-electron chi connectivity index (χ3n) is 1.48. The van der Waals surface area contributed by atoms with E-state index in [0.29, 0.717) is 0 Å². The number of rotatable bonds is 2. The van der Waals surface area contributed by atoms with Crippen molar-refractivity contribution in [3.63, 3.8) is 0 Å². The van der Waals surface area contributed by atoms with Gasteiger partial charge in [-0.15, -0.1) is 0 Å². The van der Waals surface area contributed by atoms with Gasteiger partial charge in [0.2, 0.25) is 0 Å². The first-order chi connectivity index (χ1) is 5.69. The Morgan fingerprint density at radius 2 is 2.42 bits per heavy atom. The van der Waals surface area contributed by atoms with Crippen molar-refractivity contribution in [2.75, 3.05) is 7.11 Å². The molecule has 1 heterocycles. The van der Waals surface area contributed by atoms with E-state index in [4.69, 9.17) is 9.47 Å². The Kier molecular flexibility index (Phi) is 2.31. The van der Waals surface area contributed by atoms with E-state index in [9.17, 15) is 9.59 Å². The van der Waals surface area contributed by atoms with E-state index in [2.05, 4.69) is 0 Å². The van der Waals surface area contributed by atoms with E-state index >= 15 is 0 Å². The molecule has 64 valence electrons. The van der Waals surface area contributed by atoms with Gasteiger partial charge in [0.25, 0.3) is 5.95 Å². The lowest BCUT2D eigenvalue weighted by Crippen LogP contribution is -2.19. The van der Waals surface area contributed by atoms with Crippen LogP contribution in [0.4, 0.5) is 0 Å². The molecule has 0 aliphatic carbocycles. The molecular formula is C8H8O4. The number of ether oxygens (including phenoxy) is 2. The van der Waals surface area contributed by atoms with E-state index < -0.39 is 6.10 Å². The number of carbonyl (C=O) groups excluding carboxylic acids is 2. The summed E-state index contributed by atoms with van der Waals surface area (Å²) in [4.78, 5) is 21.2. The van der Waals surface area contributed by atoms with Gasteiger partial charge < -0.3 is 9.47 Å². The van der Waals surface area contributed by atoms with Crippen LogP contribution in [0.1, 0.15) is 6.92 Å². The van der Waals surface area contributed by atoms with Gasteiger partial charge in [0.05, 0.1) is 12.7 Å².